The molecule has 2 aliphatic heterocycles. The molecule has 0 radical (unpaired) electrons. The predicted octanol–water partition coefficient (Wildman–Crippen LogP) is 0.189. The summed E-state index contributed by atoms with van der Waals surface area (Å²) >= 11 is 0. The van der Waals surface area contributed by atoms with E-state index in [-0.39, 0.29) is 45.8 Å². The fourth-order valence-corrected chi connectivity index (χ4v) is 3.99. The highest BCUT2D eigenvalue weighted by molar-refractivity contribution is 5.70. The molecule has 0 bridgehead atoms. The van der Waals surface area contributed by atoms with Crippen LogP contribution in [0.1, 0.15) is 17.2 Å². The second-order valence-corrected chi connectivity index (χ2v) is 8.07. The Hall–Kier alpha value is -3.42. The smallest absolute Gasteiger partial charge is 0.270 e. The Morgan fingerprint density at radius 1 is 0.886 bits per heavy atom. The first-order valence-corrected chi connectivity index (χ1v) is 10.6. The minimum Gasteiger partial charge on any atom is -0.571 e. The SMILES string of the molecule is COc1cc(C2[OH+]c3cc(O)cc(OC4OC(CO)C(O)C(O)C4O)c3C=C2O)cc(OC)c1O. The zero-order valence-electron chi connectivity index (χ0n) is 18.8. The van der Waals surface area contributed by atoms with E-state index in [2.05, 4.69) is 4.74 Å². The van der Waals surface area contributed by atoms with Crippen molar-refractivity contribution in [2.45, 2.75) is 36.8 Å². The van der Waals surface area contributed by atoms with Gasteiger partial charge >= 0.3 is 0 Å². The third-order valence-corrected chi connectivity index (χ3v) is 5.85. The van der Waals surface area contributed by atoms with Gasteiger partial charge in [-0.15, -0.1) is 0 Å². The Morgan fingerprint density at radius 3 is 2.14 bits per heavy atom. The van der Waals surface area contributed by atoms with Crippen LogP contribution in [0, 0.1) is 0 Å². The van der Waals surface area contributed by atoms with E-state index in [1.54, 1.807) is 0 Å². The van der Waals surface area contributed by atoms with Crippen molar-refractivity contribution in [2.75, 3.05) is 20.8 Å². The molecule has 2 aromatic carbocycles. The third kappa shape index (κ3) is 4.49. The maximum absolute atomic E-state index is 10.8. The average molecular weight is 495 g/mol. The van der Waals surface area contributed by atoms with Crippen LogP contribution in [0.2, 0.25) is 0 Å². The summed E-state index contributed by atoms with van der Waals surface area (Å²) in [6.45, 7) is -0.639. The molecule has 1 fully saturated rings. The van der Waals surface area contributed by atoms with Crippen molar-refractivity contribution in [3.63, 3.8) is 0 Å². The van der Waals surface area contributed by atoms with Gasteiger partial charge in [0, 0.05) is 12.1 Å². The van der Waals surface area contributed by atoms with Crippen molar-refractivity contribution in [1.82, 2.24) is 0 Å². The molecule has 190 valence electrons. The topological polar surface area (TPSA) is 191 Å². The highest BCUT2D eigenvalue weighted by Gasteiger charge is 2.45. The second-order valence-electron chi connectivity index (χ2n) is 8.07. The van der Waals surface area contributed by atoms with E-state index < -0.39 is 43.4 Å². The highest BCUT2D eigenvalue weighted by Crippen LogP contribution is 2.47. The molecule has 12 nitrogen and oxygen atoms in total. The molecule has 8 N–H and O–H groups in total. The summed E-state index contributed by atoms with van der Waals surface area (Å²) in [6, 6.07) is 5.50. The van der Waals surface area contributed by atoms with Crippen LogP contribution in [0.5, 0.6) is 34.5 Å². The van der Waals surface area contributed by atoms with E-state index in [0.29, 0.717) is 5.56 Å². The largest absolute Gasteiger partial charge is 0.571 e. The lowest BCUT2D eigenvalue weighted by molar-refractivity contribution is -0.277. The summed E-state index contributed by atoms with van der Waals surface area (Å²) in [5.41, 5.74) is 0.668. The normalized spacial score (nSPS) is 27.9. The van der Waals surface area contributed by atoms with Gasteiger partial charge in [-0.1, -0.05) is 0 Å². The van der Waals surface area contributed by atoms with Crippen molar-refractivity contribution in [2.24, 2.45) is 0 Å². The zero-order chi connectivity index (χ0) is 25.4. The summed E-state index contributed by atoms with van der Waals surface area (Å²) in [6.07, 6.45) is -7.18. The number of fused-ring (bicyclic) bond motifs is 1. The fourth-order valence-electron chi connectivity index (χ4n) is 3.99. The number of methoxy groups -OCH3 is 2. The quantitative estimate of drug-likeness (QED) is 0.271. The van der Waals surface area contributed by atoms with Gasteiger partial charge in [0.25, 0.3) is 11.9 Å². The lowest BCUT2D eigenvalue weighted by atomic mass is 9.99. The van der Waals surface area contributed by atoms with Gasteiger partial charge in [0.15, 0.2) is 17.3 Å². The molecule has 0 saturated carbocycles. The fraction of sp³-hybridized carbons (Fsp3) is 0.391. The first-order valence-electron chi connectivity index (χ1n) is 10.6. The van der Waals surface area contributed by atoms with Crippen molar-refractivity contribution >= 4 is 6.08 Å². The maximum atomic E-state index is 10.8. The lowest BCUT2D eigenvalue weighted by Crippen LogP contribution is -2.60. The van der Waals surface area contributed by atoms with Crippen LogP contribution in [0.4, 0.5) is 0 Å². The van der Waals surface area contributed by atoms with Crippen molar-refractivity contribution in [1.29, 1.82) is 0 Å². The highest BCUT2D eigenvalue weighted by atomic mass is 16.7. The van der Waals surface area contributed by atoms with Gasteiger partial charge in [-0.25, -0.2) is 0 Å². The summed E-state index contributed by atoms with van der Waals surface area (Å²) in [7, 11) is 2.73. The van der Waals surface area contributed by atoms with Gasteiger partial charge in [0.1, 0.15) is 41.5 Å². The van der Waals surface area contributed by atoms with E-state index in [4.69, 9.17) is 18.9 Å². The monoisotopic (exact) mass is 495 g/mol. The van der Waals surface area contributed by atoms with E-state index in [0.717, 1.165) is 0 Å². The molecular weight excluding hydrogens is 468 g/mol. The molecular formula is C23H27O12+. The molecule has 35 heavy (non-hydrogen) atoms. The summed E-state index contributed by atoms with van der Waals surface area (Å²) in [4.78, 5) is 0. The molecule has 4 rings (SSSR count). The Balaban J connectivity index is 1.68. The number of aliphatic hydroxyl groups is 6. The second kappa shape index (κ2) is 9.68. The van der Waals surface area contributed by atoms with Gasteiger partial charge in [-0.05, 0) is 12.1 Å². The number of phenolic OH excluding ortho intramolecular Hbond substituents is 2. The van der Waals surface area contributed by atoms with Crippen molar-refractivity contribution < 1.29 is 59.4 Å². The minimum atomic E-state index is -1.67. The Kier molecular flexibility index (Phi) is 6.83. The Morgan fingerprint density at radius 2 is 1.54 bits per heavy atom. The van der Waals surface area contributed by atoms with Gasteiger partial charge in [0.2, 0.25) is 12.0 Å². The van der Waals surface area contributed by atoms with E-state index >= 15 is 0 Å². The predicted molar refractivity (Wildman–Crippen MR) is 119 cm³/mol. The summed E-state index contributed by atoms with van der Waals surface area (Å²) < 4.78 is 25.9. The maximum Gasteiger partial charge on any atom is 0.270 e. The summed E-state index contributed by atoms with van der Waals surface area (Å²) in [5.74, 6) is -0.284. The van der Waals surface area contributed by atoms with Crippen LogP contribution in [0.25, 0.3) is 6.08 Å². The van der Waals surface area contributed by atoms with Crippen LogP contribution in [-0.4, -0.2) is 92.0 Å². The number of aliphatic hydroxyl groups excluding tert-OH is 5. The molecule has 6 atom stereocenters. The molecule has 2 aromatic rings. The van der Waals surface area contributed by atoms with Crippen LogP contribution >= 0.6 is 0 Å². The molecule has 0 spiro atoms. The average Bonchev–Trinajstić information content (AvgIpc) is 2.84. The minimum absolute atomic E-state index is 0.0426. The molecule has 12 heteroatoms. The first kappa shape index (κ1) is 24.7. The van der Waals surface area contributed by atoms with E-state index in [9.17, 15) is 35.7 Å². The lowest BCUT2D eigenvalue weighted by Gasteiger charge is -2.39. The molecule has 1 saturated heterocycles. The molecule has 2 aliphatic rings. The number of phenols is 2. The number of benzene rings is 2. The van der Waals surface area contributed by atoms with Crippen LogP contribution < -0.4 is 14.2 Å². The molecule has 2 heterocycles. The van der Waals surface area contributed by atoms with Crippen molar-refractivity contribution in [3.05, 3.63) is 41.2 Å². The van der Waals surface area contributed by atoms with Crippen LogP contribution in [0.3, 0.4) is 0 Å². The Labute approximate surface area is 199 Å². The number of ether oxygens (including phenoxy) is 5. The Bertz CT molecular complexity index is 1090. The van der Waals surface area contributed by atoms with Gasteiger partial charge in [-0.2, -0.15) is 0 Å². The number of rotatable bonds is 6. The molecule has 0 aliphatic carbocycles. The third-order valence-electron chi connectivity index (χ3n) is 5.85. The number of aromatic hydroxyl groups is 3. The zero-order valence-corrected chi connectivity index (χ0v) is 18.8. The summed E-state index contributed by atoms with van der Waals surface area (Å²) in [5, 5.41) is 70.9. The number of hydrogen-bond acceptors (Lipinski definition) is 11. The van der Waals surface area contributed by atoms with Crippen LogP contribution in [0.15, 0.2) is 30.0 Å². The molecule has 0 aromatic heterocycles. The molecule has 0 amide bonds. The van der Waals surface area contributed by atoms with Crippen LogP contribution in [-0.2, 0) is 4.74 Å². The van der Waals surface area contributed by atoms with Gasteiger partial charge in [-0.3, -0.25) is 0 Å². The first-order chi connectivity index (χ1) is 16.7. The standard InChI is InChI=1S/C23H26O12/c1-31-15-3-9(4-16(32-2)18(15)27)22-12(26)7-11-13(33-22)5-10(25)6-14(11)34-23-21(30)20(29)19(28)17(8-24)35-23/h3-7,17,19-30H,8H2,1-2H3/p+1. The van der Waals surface area contributed by atoms with Gasteiger partial charge < -0.3 is 59.4 Å². The van der Waals surface area contributed by atoms with E-state index in [1.807, 2.05) is 0 Å². The van der Waals surface area contributed by atoms with Gasteiger partial charge in [0.05, 0.1) is 32.5 Å². The van der Waals surface area contributed by atoms with Crippen molar-refractivity contribution in [3.8, 4) is 34.5 Å². The molecule has 6 unspecified atom stereocenters. The van der Waals surface area contributed by atoms with E-state index in [1.165, 1.54) is 44.6 Å². The number of hydrogen-bond donors (Lipinski definition) is 7.